The van der Waals surface area contributed by atoms with Crippen molar-refractivity contribution in [2.75, 3.05) is 0 Å². The van der Waals surface area contributed by atoms with Crippen molar-refractivity contribution in [1.29, 1.82) is 0 Å². The Kier molecular flexibility index (Phi) is 3.60. The van der Waals surface area contributed by atoms with Crippen LogP contribution in [0.1, 0.15) is 48.5 Å². The second kappa shape index (κ2) is 3.60. The van der Waals surface area contributed by atoms with Gasteiger partial charge in [0.1, 0.15) is 0 Å². The summed E-state index contributed by atoms with van der Waals surface area (Å²) in [6, 6.07) is 0. The molecule has 0 heterocycles. The third kappa shape index (κ3) is 2.50. The van der Waals surface area contributed by atoms with Gasteiger partial charge in [-0.2, -0.15) is 0 Å². The zero-order valence-corrected chi connectivity index (χ0v) is 9.23. The molecular weight excluding hydrogens is 132 g/mol. The molecule has 0 amide bonds. The molecule has 0 aromatic heterocycles. The largest absolute Gasteiger partial charge is 0.0625 e. The summed E-state index contributed by atoms with van der Waals surface area (Å²) in [7, 11) is 0. The third-order valence-corrected chi connectivity index (χ3v) is 3.66. The zero-order chi connectivity index (χ0) is 9.23. The van der Waals surface area contributed by atoms with Crippen molar-refractivity contribution in [1.82, 2.24) is 0 Å². The molecule has 0 aliphatic heterocycles. The molecular formula is C11H24. The van der Waals surface area contributed by atoms with Crippen LogP contribution in [-0.2, 0) is 0 Å². The van der Waals surface area contributed by atoms with Crippen LogP contribution in [0.25, 0.3) is 0 Å². The predicted octanol–water partition coefficient (Wildman–Crippen LogP) is 3.96. The average molecular weight is 156 g/mol. The molecule has 0 N–H and O–H groups in total. The SMILES string of the molecule is CC(C)C(C)C(C)(C)C(C)C. The Morgan fingerprint density at radius 2 is 1.18 bits per heavy atom. The lowest BCUT2D eigenvalue weighted by Gasteiger charge is -2.38. The van der Waals surface area contributed by atoms with Gasteiger partial charge in [0.15, 0.2) is 0 Å². The van der Waals surface area contributed by atoms with Crippen molar-refractivity contribution >= 4 is 0 Å². The lowest BCUT2D eigenvalue weighted by Crippen LogP contribution is -2.30. The lowest BCUT2D eigenvalue weighted by atomic mass is 9.67. The molecule has 68 valence electrons. The molecule has 0 heteroatoms. The van der Waals surface area contributed by atoms with E-state index >= 15 is 0 Å². The minimum absolute atomic E-state index is 0.480. The second-order valence-electron chi connectivity index (χ2n) is 5.01. The molecule has 0 aliphatic rings. The van der Waals surface area contributed by atoms with Crippen molar-refractivity contribution in [2.45, 2.75) is 48.5 Å². The van der Waals surface area contributed by atoms with Crippen LogP contribution in [0.5, 0.6) is 0 Å². The first kappa shape index (κ1) is 11.0. The van der Waals surface area contributed by atoms with Crippen LogP contribution in [0.15, 0.2) is 0 Å². The van der Waals surface area contributed by atoms with Gasteiger partial charge in [-0.15, -0.1) is 0 Å². The number of hydrogen-bond acceptors (Lipinski definition) is 0. The summed E-state index contributed by atoms with van der Waals surface area (Å²) in [5.74, 6) is 2.38. The van der Waals surface area contributed by atoms with Gasteiger partial charge < -0.3 is 0 Å². The quantitative estimate of drug-likeness (QED) is 0.580. The molecule has 0 aliphatic carbocycles. The van der Waals surface area contributed by atoms with E-state index in [1.807, 2.05) is 0 Å². The fourth-order valence-corrected chi connectivity index (χ4v) is 1.38. The number of rotatable bonds is 3. The first-order chi connectivity index (χ1) is 4.80. The molecule has 0 aromatic rings. The summed E-state index contributed by atoms with van der Waals surface area (Å²) in [4.78, 5) is 0. The van der Waals surface area contributed by atoms with E-state index in [4.69, 9.17) is 0 Å². The Morgan fingerprint density at radius 1 is 0.818 bits per heavy atom. The Hall–Kier alpha value is 0. The summed E-state index contributed by atoms with van der Waals surface area (Å²) in [6.45, 7) is 16.4. The average Bonchev–Trinajstić information content (AvgIpc) is 1.85. The fourth-order valence-electron chi connectivity index (χ4n) is 1.38. The Balaban J connectivity index is 4.29. The van der Waals surface area contributed by atoms with Crippen LogP contribution in [0.3, 0.4) is 0 Å². The highest BCUT2D eigenvalue weighted by atomic mass is 14.4. The van der Waals surface area contributed by atoms with Gasteiger partial charge in [-0.3, -0.25) is 0 Å². The minimum atomic E-state index is 0.480. The Labute approximate surface area is 72.4 Å². The van der Waals surface area contributed by atoms with Gasteiger partial charge in [0.2, 0.25) is 0 Å². The highest BCUT2D eigenvalue weighted by Gasteiger charge is 2.30. The van der Waals surface area contributed by atoms with E-state index < -0.39 is 0 Å². The van der Waals surface area contributed by atoms with E-state index in [1.54, 1.807) is 0 Å². The highest BCUT2D eigenvalue weighted by molar-refractivity contribution is 4.79. The molecule has 0 nitrogen and oxygen atoms in total. The molecule has 1 unspecified atom stereocenters. The summed E-state index contributed by atoms with van der Waals surface area (Å²) >= 11 is 0. The van der Waals surface area contributed by atoms with Crippen LogP contribution < -0.4 is 0 Å². The van der Waals surface area contributed by atoms with E-state index in [0.29, 0.717) is 5.41 Å². The van der Waals surface area contributed by atoms with Gasteiger partial charge in [-0.05, 0) is 23.2 Å². The van der Waals surface area contributed by atoms with Crippen LogP contribution in [-0.4, -0.2) is 0 Å². The van der Waals surface area contributed by atoms with Gasteiger partial charge in [0, 0.05) is 0 Å². The molecule has 0 fully saturated rings. The first-order valence-electron chi connectivity index (χ1n) is 4.80. The predicted molar refractivity (Wildman–Crippen MR) is 52.6 cm³/mol. The van der Waals surface area contributed by atoms with Crippen LogP contribution in [0.4, 0.5) is 0 Å². The van der Waals surface area contributed by atoms with Gasteiger partial charge in [0.05, 0.1) is 0 Å². The van der Waals surface area contributed by atoms with Gasteiger partial charge in [-0.1, -0.05) is 48.5 Å². The van der Waals surface area contributed by atoms with E-state index in [0.717, 1.165) is 17.8 Å². The number of hydrogen-bond donors (Lipinski definition) is 0. The Morgan fingerprint density at radius 3 is 1.27 bits per heavy atom. The summed E-state index contributed by atoms with van der Waals surface area (Å²) < 4.78 is 0. The van der Waals surface area contributed by atoms with Gasteiger partial charge in [0.25, 0.3) is 0 Å². The topological polar surface area (TPSA) is 0 Å². The molecule has 0 saturated carbocycles. The van der Waals surface area contributed by atoms with Crippen LogP contribution >= 0.6 is 0 Å². The van der Waals surface area contributed by atoms with E-state index in [1.165, 1.54) is 0 Å². The van der Waals surface area contributed by atoms with Crippen molar-refractivity contribution in [3.63, 3.8) is 0 Å². The molecule has 0 radical (unpaired) electrons. The molecule has 0 bridgehead atoms. The van der Waals surface area contributed by atoms with Crippen LogP contribution in [0, 0.1) is 23.2 Å². The molecule has 1 atom stereocenters. The summed E-state index contributed by atoms with van der Waals surface area (Å²) in [6.07, 6.45) is 0. The second-order valence-corrected chi connectivity index (χ2v) is 5.01. The standard InChI is InChI=1S/C11H24/c1-8(2)10(5)11(6,7)9(3)4/h8-10H,1-7H3. The molecule has 0 saturated heterocycles. The summed E-state index contributed by atoms with van der Waals surface area (Å²) in [5, 5.41) is 0. The van der Waals surface area contributed by atoms with Crippen molar-refractivity contribution < 1.29 is 0 Å². The lowest BCUT2D eigenvalue weighted by molar-refractivity contribution is 0.113. The molecule has 0 rings (SSSR count). The van der Waals surface area contributed by atoms with E-state index in [2.05, 4.69) is 48.5 Å². The minimum Gasteiger partial charge on any atom is -0.0625 e. The zero-order valence-electron chi connectivity index (χ0n) is 9.23. The Bertz CT molecular complexity index is 109. The summed E-state index contributed by atoms with van der Waals surface area (Å²) in [5.41, 5.74) is 0.480. The third-order valence-electron chi connectivity index (χ3n) is 3.66. The van der Waals surface area contributed by atoms with Crippen LogP contribution in [0.2, 0.25) is 0 Å². The highest BCUT2D eigenvalue weighted by Crippen LogP contribution is 2.38. The normalized spacial score (nSPS) is 16.1. The maximum atomic E-state index is 2.38. The molecule has 11 heavy (non-hydrogen) atoms. The maximum absolute atomic E-state index is 2.38. The van der Waals surface area contributed by atoms with E-state index in [9.17, 15) is 0 Å². The van der Waals surface area contributed by atoms with Crippen molar-refractivity contribution in [3.05, 3.63) is 0 Å². The van der Waals surface area contributed by atoms with E-state index in [-0.39, 0.29) is 0 Å². The first-order valence-corrected chi connectivity index (χ1v) is 4.80. The van der Waals surface area contributed by atoms with Gasteiger partial charge in [-0.25, -0.2) is 0 Å². The monoisotopic (exact) mass is 156 g/mol. The van der Waals surface area contributed by atoms with Gasteiger partial charge >= 0.3 is 0 Å². The smallest absolute Gasteiger partial charge is 0.0303 e. The van der Waals surface area contributed by atoms with Crippen molar-refractivity contribution in [2.24, 2.45) is 23.2 Å². The molecule has 0 aromatic carbocycles. The van der Waals surface area contributed by atoms with Crippen molar-refractivity contribution in [3.8, 4) is 0 Å². The maximum Gasteiger partial charge on any atom is -0.0303 e. The molecule has 0 spiro atoms. The fraction of sp³-hybridized carbons (Fsp3) is 1.00.